The van der Waals surface area contributed by atoms with Crippen LogP contribution in [0.4, 0.5) is 0 Å². The van der Waals surface area contributed by atoms with Crippen LogP contribution in [0.5, 0.6) is 0 Å². The average molecular weight is 265 g/mol. The predicted octanol–water partition coefficient (Wildman–Crippen LogP) is 3.08. The molecule has 0 radical (unpaired) electrons. The van der Waals surface area contributed by atoms with Crippen molar-refractivity contribution in [3.05, 3.63) is 34.9 Å². The molecule has 1 unspecified atom stereocenters. The van der Waals surface area contributed by atoms with Gasteiger partial charge in [0.25, 0.3) is 0 Å². The van der Waals surface area contributed by atoms with Crippen LogP contribution in [0.15, 0.2) is 24.3 Å². The summed E-state index contributed by atoms with van der Waals surface area (Å²) < 4.78 is 0. The summed E-state index contributed by atoms with van der Waals surface area (Å²) in [4.78, 5) is 2.60. The van der Waals surface area contributed by atoms with Crippen molar-refractivity contribution in [2.75, 3.05) is 19.6 Å². The van der Waals surface area contributed by atoms with E-state index in [0.717, 1.165) is 10.9 Å². The van der Waals surface area contributed by atoms with E-state index in [-0.39, 0.29) is 0 Å². The minimum atomic E-state index is 0.469. The second-order valence-corrected chi connectivity index (χ2v) is 6.08. The Hall–Kier alpha value is -0.570. The van der Waals surface area contributed by atoms with Gasteiger partial charge in [-0.3, -0.25) is 4.90 Å². The summed E-state index contributed by atoms with van der Waals surface area (Å²) in [5.41, 5.74) is 1.33. The van der Waals surface area contributed by atoms with Crippen LogP contribution in [-0.2, 0) is 0 Å². The largest absolute Gasteiger partial charge is 0.312 e. The van der Waals surface area contributed by atoms with Crippen molar-refractivity contribution in [3.63, 3.8) is 0 Å². The van der Waals surface area contributed by atoms with Gasteiger partial charge in [-0.1, -0.05) is 23.7 Å². The molecule has 1 N–H and O–H groups in total. The molecule has 2 aliphatic heterocycles. The molecule has 2 saturated heterocycles. The number of benzene rings is 1. The third-order valence-electron chi connectivity index (χ3n) is 4.51. The molecule has 0 aromatic heterocycles. The monoisotopic (exact) mass is 264 g/mol. The average Bonchev–Trinajstić information content (AvgIpc) is 2.81. The van der Waals surface area contributed by atoms with Gasteiger partial charge < -0.3 is 5.32 Å². The highest BCUT2D eigenvalue weighted by atomic mass is 35.5. The summed E-state index contributed by atoms with van der Waals surface area (Å²) >= 11 is 6.09. The first-order chi connectivity index (χ1) is 8.74. The first-order valence-electron chi connectivity index (χ1n) is 6.97. The van der Waals surface area contributed by atoms with Crippen LogP contribution in [0, 0.1) is 5.92 Å². The molecule has 3 rings (SSSR count). The second-order valence-electron chi connectivity index (χ2n) is 5.65. The van der Waals surface area contributed by atoms with E-state index in [9.17, 15) is 0 Å². The number of hydrogen-bond donors (Lipinski definition) is 1. The number of likely N-dealkylation sites (tertiary alicyclic amines) is 1. The molecular weight excluding hydrogens is 244 g/mol. The van der Waals surface area contributed by atoms with E-state index >= 15 is 0 Å². The Balaban J connectivity index is 1.72. The first kappa shape index (κ1) is 12.5. The van der Waals surface area contributed by atoms with E-state index in [1.807, 2.05) is 6.07 Å². The zero-order valence-electron chi connectivity index (χ0n) is 10.9. The van der Waals surface area contributed by atoms with E-state index in [1.165, 1.54) is 38.0 Å². The van der Waals surface area contributed by atoms with Crippen molar-refractivity contribution in [1.82, 2.24) is 10.2 Å². The lowest BCUT2D eigenvalue weighted by molar-refractivity contribution is 0.251. The lowest BCUT2D eigenvalue weighted by Crippen LogP contribution is -2.40. The van der Waals surface area contributed by atoms with Gasteiger partial charge >= 0.3 is 0 Å². The van der Waals surface area contributed by atoms with Gasteiger partial charge in [0.2, 0.25) is 0 Å². The number of rotatable bonds is 2. The van der Waals surface area contributed by atoms with Crippen LogP contribution in [-0.4, -0.2) is 30.6 Å². The van der Waals surface area contributed by atoms with Gasteiger partial charge in [-0.05, 0) is 49.9 Å². The molecule has 3 atom stereocenters. The Bertz CT molecular complexity index is 407. The molecule has 2 heterocycles. The molecule has 1 aromatic carbocycles. The molecule has 0 amide bonds. The van der Waals surface area contributed by atoms with Gasteiger partial charge in [-0.2, -0.15) is 0 Å². The maximum atomic E-state index is 6.09. The van der Waals surface area contributed by atoms with Gasteiger partial charge in [0.05, 0.1) is 0 Å². The van der Waals surface area contributed by atoms with Crippen LogP contribution in [0.25, 0.3) is 0 Å². The van der Waals surface area contributed by atoms with Gasteiger partial charge in [0.1, 0.15) is 0 Å². The SMILES string of the molecule is CC(c1cccc(Cl)c1)N1C[C@@H]2CCCN[C@@H]2C1. The molecule has 0 spiro atoms. The van der Waals surface area contributed by atoms with Crippen LogP contribution in [0.1, 0.15) is 31.4 Å². The maximum absolute atomic E-state index is 6.09. The second kappa shape index (κ2) is 5.20. The number of piperidine rings is 1. The summed E-state index contributed by atoms with van der Waals surface area (Å²) in [6.07, 6.45) is 2.72. The fraction of sp³-hybridized carbons (Fsp3) is 0.600. The fourth-order valence-corrected chi connectivity index (χ4v) is 3.57. The molecule has 0 bridgehead atoms. The van der Waals surface area contributed by atoms with Crippen molar-refractivity contribution < 1.29 is 0 Å². The van der Waals surface area contributed by atoms with E-state index in [0.29, 0.717) is 12.1 Å². The van der Waals surface area contributed by atoms with Gasteiger partial charge in [-0.25, -0.2) is 0 Å². The summed E-state index contributed by atoms with van der Waals surface area (Å²) in [6, 6.07) is 9.46. The molecule has 0 aliphatic carbocycles. The Labute approximate surface area is 114 Å². The van der Waals surface area contributed by atoms with Crippen molar-refractivity contribution in [2.45, 2.75) is 31.8 Å². The van der Waals surface area contributed by atoms with Crippen LogP contribution in [0.2, 0.25) is 5.02 Å². The normalized spacial score (nSPS) is 30.1. The van der Waals surface area contributed by atoms with E-state index in [2.05, 4.69) is 35.3 Å². The van der Waals surface area contributed by atoms with Crippen molar-refractivity contribution in [2.24, 2.45) is 5.92 Å². The number of nitrogens with one attached hydrogen (secondary N) is 1. The third-order valence-corrected chi connectivity index (χ3v) is 4.74. The predicted molar refractivity (Wildman–Crippen MR) is 76.0 cm³/mol. The smallest absolute Gasteiger partial charge is 0.0409 e. The first-order valence-corrected chi connectivity index (χ1v) is 7.35. The van der Waals surface area contributed by atoms with E-state index in [4.69, 9.17) is 11.6 Å². The highest BCUT2D eigenvalue weighted by Gasteiger charge is 2.36. The van der Waals surface area contributed by atoms with Crippen LogP contribution in [0.3, 0.4) is 0 Å². The summed E-state index contributed by atoms with van der Waals surface area (Å²) in [6.45, 7) is 5.90. The van der Waals surface area contributed by atoms with Crippen molar-refractivity contribution in [1.29, 1.82) is 0 Å². The highest BCUT2D eigenvalue weighted by Crippen LogP contribution is 2.32. The third kappa shape index (κ3) is 2.42. The molecule has 18 heavy (non-hydrogen) atoms. The molecule has 98 valence electrons. The molecule has 2 nitrogen and oxygen atoms in total. The van der Waals surface area contributed by atoms with Crippen molar-refractivity contribution >= 4 is 11.6 Å². The Morgan fingerprint density at radius 3 is 3.06 bits per heavy atom. The Morgan fingerprint density at radius 2 is 2.28 bits per heavy atom. The van der Waals surface area contributed by atoms with Gasteiger partial charge in [0.15, 0.2) is 0 Å². The molecule has 0 saturated carbocycles. The summed E-state index contributed by atoms with van der Waals surface area (Å²) in [7, 11) is 0. The maximum Gasteiger partial charge on any atom is 0.0409 e. The lowest BCUT2D eigenvalue weighted by atomic mass is 9.94. The molecule has 1 aromatic rings. The molecule has 2 fully saturated rings. The standard InChI is InChI=1S/C15H21ClN2/c1-11(12-4-2-6-14(16)8-12)18-9-13-5-3-7-17-15(13)10-18/h2,4,6,8,11,13,15,17H,3,5,7,9-10H2,1H3/t11?,13-,15+/m0/s1. The minimum absolute atomic E-state index is 0.469. The fourth-order valence-electron chi connectivity index (χ4n) is 3.37. The number of nitrogens with zero attached hydrogens (tertiary/aromatic N) is 1. The number of fused-ring (bicyclic) bond motifs is 1. The molecule has 3 heteroatoms. The molecule has 2 aliphatic rings. The lowest BCUT2D eigenvalue weighted by Gasteiger charge is -2.25. The van der Waals surface area contributed by atoms with Crippen molar-refractivity contribution in [3.8, 4) is 0 Å². The number of hydrogen-bond acceptors (Lipinski definition) is 2. The summed E-state index contributed by atoms with van der Waals surface area (Å²) in [5, 5.41) is 4.50. The van der Waals surface area contributed by atoms with Crippen LogP contribution >= 0.6 is 11.6 Å². The number of halogens is 1. The summed E-state index contributed by atoms with van der Waals surface area (Å²) in [5.74, 6) is 0.848. The zero-order chi connectivity index (χ0) is 12.5. The van der Waals surface area contributed by atoms with Crippen LogP contribution < -0.4 is 5.32 Å². The quantitative estimate of drug-likeness (QED) is 0.883. The topological polar surface area (TPSA) is 15.3 Å². The zero-order valence-corrected chi connectivity index (χ0v) is 11.7. The van der Waals surface area contributed by atoms with E-state index < -0.39 is 0 Å². The van der Waals surface area contributed by atoms with E-state index in [1.54, 1.807) is 0 Å². The minimum Gasteiger partial charge on any atom is -0.312 e. The Kier molecular flexibility index (Phi) is 3.60. The molecular formula is C15H21ClN2. The Morgan fingerprint density at radius 1 is 1.39 bits per heavy atom. The van der Waals surface area contributed by atoms with Gasteiger partial charge in [0, 0.05) is 30.2 Å². The van der Waals surface area contributed by atoms with Gasteiger partial charge in [-0.15, -0.1) is 0 Å². The highest BCUT2D eigenvalue weighted by molar-refractivity contribution is 6.30.